The standard InChI is InChI=1S/C18H22F3N5O2S/c1-24-8-11(25-6-10-7-26(29(2,27)28)23-17(10)9-25)3-16(22)18(24)12-4-14(20)15(21)5-13(12)19/h4-5,7,11,16,18H,3,6,8-9,22H2,1-2H3/t11-,16+,18?/m1/s1/i1D3. The van der Waals surface area contributed by atoms with Gasteiger partial charge in [-0.25, -0.2) is 21.6 Å². The topological polar surface area (TPSA) is 84.5 Å². The number of aromatic nitrogens is 2. The molecule has 2 aliphatic rings. The van der Waals surface area contributed by atoms with Gasteiger partial charge >= 0.3 is 0 Å². The second-order valence-electron chi connectivity index (χ2n) is 7.58. The van der Waals surface area contributed by atoms with Crippen molar-refractivity contribution in [3.8, 4) is 0 Å². The van der Waals surface area contributed by atoms with Crippen molar-refractivity contribution in [1.82, 2.24) is 19.0 Å². The number of halogens is 3. The summed E-state index contributed by atoms with van der Waals surface area (Å²) in [6.45, 7) is -2.04. The van der Waals surface area contributed by atoms with Crippen LogP contribution in [0.15, 0.2) is 18.3 Å². The number of nitrogens with two attached hydrogens (primary N) is 1. The first kappa shape index (κ1) is 16.8. The number of rotatable bonds is 3. The van der Waals surface area contributed by atoms with E-state index in [0.29, 0.717) is 36.5 Å². The summed E-state index contributed by atoms with van der Waals surface area (Å²) in [6.07, 6.45) is 2.74. The van der Waals surface area contributed by atoms with E-state index in [-0.39, 0.29) is 24.6 Å². The van der Waals surface area contributed by atoms with Gasteiger partial charge in [0.2, 0.25) is 0 Å². The minimum absolute atomic E-state index is 0.0242. The van der Waals surface area contributed by atoms with Crippen LogP contribution in [-0.2, 0) is 23.1 Å². The normalized spacial score (nSPS) is 28.0. The highest BCUT2D eigenvalue weighted by atomic mass is 32.2. The van der Waals surface area contributed by atoms with Crippen LogP contribution in [0.5, 0.6) is 0 Å². The summed E-state index contributed by atoms with van der Waals surface area (Å²) in [5, 5.41) is 4.09. The third-order valence-electron chi connectivity index (χ3n) is 5.49. The molecule has 1 fully saturated rings. The molecule has 11 heteroatoms. The summed E-state index contributed by atoms with van der Waals surface area (Å²) < 4.78 is 89.8. The Bertz CT molecular complexity index is 1130. The van der Waals surface area contributed by atoms with Crippen molar-refractivity contribution < 1.29 is 25.7 Å². The van der Waals surface area contributed by atoms with Crippen molar-refractivity contribution in [3.63, 3.8) is 0 Å². The monoisotopic (exact) mass is 432 g/mol. The van der Waals surface area contributed by atoms with Crippen LogP contribution < -0.4 is 5.73 Å². The zero-order valence-electron chi connectivity index (χ0n) is 18.5. The number of hydrogen-bond donors (Lipinski definition) is 1. The van der Waals surface area contributed by atoms with Crippen LogP contribution in [-0.4, -0.2) is 59.3 Å². The number of likely N-dealkylation sites (N-methyl/N-ethyl adjacent to an activating group) is 1. The molecule has 1 aromatic heterocycles. The molecule has 0 saturated carbocycles. The molecule has 0 bridgehead atoms. The van der Waals surface area contributed by atoms with E-state index in [9.17, 15) is 21.6 Å². The third kappa shape index (κ3) is 3.67. The Morgan fingerprint density at radius 2 is 1.93 bits per heavy atom. The number of nitrogens with zero attached hydrogens (tertiary/aromatic N) is 4. The summed E-state index contributed by atoms with van der Waals surface area (Å²) in [4.78, 5) is 2.97. The van der Waals surface area contributed by atoms with Gasteiger partial charge in [-0.05, 0) is 19.5 Å². The number of fused-ring (bicyclic) bond motifs is 1. The van der Waals surface area contributed by atoms with Crippen LogP contribution in [0.25, 0.3) is 0 Å². The highest BCUT2D eigenvalue weighted by Gasteiger charge is 2.39. The molecular formula is C18H22F3N5O2S. The van der Waals surface area contributed by atoms with E-state index < -0.39 is 46.5 Å². The van der Waals surface area contributed by atoms with Crippen molar-refractivity contribution in [3.05, 3.63) is 52.6 Å². The van der Waals surface area contributed by atoms with Crippen LogP contribution in [0.2, 0.25) is 0 Å². The van der Waals surface area contributed by atoms with Gasteiger partial charge in [0, 0.05) is 59.2 Å². The minimum atomic E-state index is -3.52. The number of benzene rings is 1. The lowest BCUT2D eigenvalue weighted by atomic mass is 9.88. The Morgan fingerprint density at radius 3 is 2.59 bits per heavy atom. The predicted molar refractivity (Wildman–Crippen MR) is 99.8 cm³/mol. The summed E-state index contributed by atoms with van der Waals surface area (Å²) in [6, 6.07) is -1.35. The fourth-order valence-corrected chi connectivity index (χ4v) is 4.66. The molecular weight excluding hydrogens is 407 g/mol. The van der Waals surface area contributed by atoms with Gasteiger partial charge in [-0.3, -0.25) is 9.80 Å². The van der Waals surface area contributed by atoms with Crippen LogP contribution in [0, 0.1) is 17.5 Å². The van der Waals surface area contributed by atoms with Gasteiger partial charge in [-0.2, -0.15) is 9.19 Å². The summed E-state index contributed by atoms with van der Waals surface area (Å²) in [5.74, 6) is -3.71. The maximum Gasteiger partial charge on any atom is 0.250 e. The van der Waals surface area contributed by atoms with E-state index in [4.69, 9.17) is 9.85 Å². The summed E-state index contributed by atoms with van der Waals surface area (Å²) >= 11 is 0. The minimum Gasteiger partial charge on any atom is -0.326 e. The third-order valence-corrected chi connectivity index (χ3v) is 6.36. The molecule has 1 unspecified atom stereocenters. The van der Waals surface area contributed by atoms with Crippen molar-refractivity contribution in [2.24, 2.45) is 5.73 Å². The molecule has 2 N–H and O–H groups in total. The zero-order chi connectivity index (χ0) is 23.6. The van der Waals surface area contributed by atoms with Gasteiger partial charge in [-0.1, -0.05) is 0 Å². The molecule has 1 aromatic carbocycles. The second kappa shape index (κ2) is 7.08. The highest BCUT2D eigenvalue weighted by molar-refractivity contribution is 7.89. The molecule has 0 aliphatic carbocycles. The molecule has 158 valence electrons. The van der Waals surface area contributed by atoms with Crippen molar-refractivity contribution >= 4 is 10.0 Å². The van der Waals surface area contributed by atoms with Crippen LogP contribution in [0.4, 0.5) is 13.2 Å². The first-order chi connectivity index (χ1) is 14.8. The maximum absolute atomic E-state index is 14.5. The Kier molecular flexibility index (Phi) is 4.10. The number of piperidine rings is 1. The highest BCUT2D eigenvalue weighted by Crippen LogP contribution is 2.35. The second-order valence-corrected chi connectivity index (χ2v) is 9.42. The zero-order valence-corrected chi connectivity index (χ0v) is 16.3. The molecule has 7 nitrogen and oxygen atoms in total. The quantitative estimate of drug-likeness (QED) is 0.734. The summed E-state index contributed by atoms with van der Waals surface area (Å²) in [5.41, 5.74) is 7.24. The first-order valence-electron chi connectivity index (χ1n) is 10.4. The van der Waals surface area contributed by atoms with Crippen LogP contribution in [0.3, 0.4) is 0 Å². The lowest BCUT2D eigenvalue weighted by Crippen LogP contribution is -2.54. The molecule has 0 radical (unpaired) electrons. The van der Waals surface area contributed by atoms with Crippen LogP contribution in [0.1, 0.15) is 33.4 Å². The molecule has 0 amide bonds. The predicted octanol–water partition coefficient (Wildman–Crippen LogP) is 1.20. The van der Waals surface area contributed by atoms with Crippen molar-refractivity contribution in [1.29, 1.82) is 0 Å². The van der Waals surface area contributed by atoms with E-state index in [1.807, 2.05) is 4.90 Å². The maximum atomic E-state index is 14.5. The molecule has 29 heavy (non-hydrogen) atoms. The molecule has 3 heterocycles. The van der Waals surface area contributed by atoms with E-state index in [1.165, 1.54) is 6.20 Å². The fourth-order valence-electron chi connectivity index (χ4n) is 4.10. The average molecular weight is 432 g/mol. The van der Waals surface area contributed by atoms with Crippen molar-refractivity contribution in [2.45, 2.75) is 37.6 Å². The van der Waals surface area contributed by atoms with Gasteiger partial charge < -0.3 is 5.73 Å². The van der Waals surface area contributed by atoms with E-state index in [0.717, 1.165) is 15.2 Å². The SMILES string of the molecule is [2H]C([2H])([2H])N1C[C@H](N2Cc3cn(S(C)(=O)=O)nc3C2)C[C@H](N)C1c1cc(F)c(F)cc1F. The lowest BCUT2D eigenvalue weighted by Gasteiger charge is -2.44. The van der Waals surface area contributed by atoms with E-state index >= 15 is 0 Å². The first-order valence-corrected chi connectivity index (χ1v) is 10.8. The average Bonchev–Trinajstić information content (AvgIpc) is 3.23. The van der Waals surface area contributed by atoms with Gasteiger partial charge in [0.15, 0.2) is 11.6 Å². The van der Waals surface area contributed by atoms with Gasteiger partial charge in [0.05, 0.1) is 18.0 Å². The van der Waals surface area contributed by atoms with Gasteiger partial charge in [0.25, 0.3) is 10.0 Å². The molecule has 0 spiro atoms. The Morgan fingerprint density at radius 1 is 1.21 bits per heavy atom. The number of likely N-dealkylation sites (tertiary alicyclic amines) is 1. The molecule has 1 saturated heterocycles. The van der Waals surface area contributed by atoms with Crippen LogP contribution >= 0.6 is 0 Å². The summed E-state index contributed by atoms with van der Waals surface area (Å²) in [7, 11) is -3.52. The largest absolute Gasteiger partial charge is 0.326 e. The van der Waals surface area contributed by atoms with Gasteiger partial charge in [0.1, 0.15) is 5.82 Å². The Hall–Kier alpha value is -1.95. The number of hydrogen-bond acceptors (Lipinski definition) is 6. The molecule has 3 atom stereocenters. The van der Waals surface area contributed by atoms with Crippen molar-refractivity contribution in [2.75, 3.05) is 19.8 Å². The molecule has 2 aromatic rings. The molecule has 2 aliphatic heterocycles. The van der Waals surface area contributed by atoms with Gasteiger partial charge in [-0.15, -0.1) is 0 Å². The Labute approximate surface area is 171 Å². The van der Waals surface area contributed by atoms with E-state index in [1.54, 1.807) is 0 Å². The fraction of sp³-hybridized carbons (Fsp3) is 0.500. The van der Waals surface area contributed by atoms with E-state index in [2.05, 4.69) is 5.10 Å². The smallest absolute Gasteiger partial charge is 0.250 e. The Balaban J connectivity index is 1.60. The molecule has 4 rings (SSSR count). The lowest BCUT2D eigenvalue weighted by molar-refractivity contribution is 0.0585.